The average Bonchev–Trinajstić information content (AvgIpc) is 3.48. The highest BCUT2D eigenvalue weighted by molar-refractivity contribution is 7.12. The van der Waals surface area contributed by atoms with Crippen molar-refractivity contribution in [1.29, 1.82) is 0 Å². The third kappa shape index (κ3) is 5.25. The van der Waals surface area contributed by atoms with E-state index in [-0.39, 0.29) is 12.0 Å². The van der Waals surface area contributed by atoms with Crippen molar-refractivity contribution in [2.45, 2.75) is 18.9 Å². The van der Waals surface area contributed by atoms with E-state index in [0.717, 1.165) is 19.4 Å². The van der Waals surface area contributed by atoms with E-state index < -0.39 is 5.97 Å². The Morgan fingerprint density at radius 3 is 2.47 bits per heavy atom. The Morgan fingerprint density at radius 2 is 1.80 bits per heavy atom. The van der Waals surface area contributed by atoms with Crippen molar-refractivity contribution >= 4 is 28.9 Å². The lowest BCUT2D eigenvalue weighted by Crippen LogP contribution is -2.16. The van der Waals surface area contributed by atoms with Gasteiger partial charge < -0.3 is 19.5 Å². The second-order valence-corrected chi connectivity index (χ2v) is 7.76. The highest BCUT2D eigenvalue weighted by atomic mass is 32.1. The molecule has 0 aliphatic carbocycles. The molecule has 30 heavy (non-hydrogen) atoms. The van der Waals surface area contributed by atoms with Crippen LogP contribution in [0, 0.1) is 0 Å². The standard InChI is InChI=1S/C23H21NO5S/c25-22(21-4-2-14-30-21)24-17-7-11-19(12-8-17)29-23(26)16-5-9-18(10-6-16)28-15-20-3-1-13-27-20/h2,4-12,14,20H,1,3,13,15H2,(H,24,25)/t20-/m1/s1. The van der Waals surface area contributed by atoms with Crippen molar-refractivity contribution in [2.24, 2.45) is 0 Å². The molecule has 6 nitrogen and oxygen atoms in total. The topological polar surface area (TPSA) is 73.9 Å². The van der Waals surface area contributed by atoms with Crippen molar-refractivity contribution in [3.8, 4) is 11.5 Å². The minimum absolute atomic E-state index is 0.146. The van der Waals surface area contributed by atoms with E-state index in [4.69, 9.17) is 14.2 Å². The van der Waals surface area contributed by atoms with E-state index in [2.05, 4.69) is 5.32 Å². The lowest BCUT2D eigenvalue weighted by molar-refractivity contribution is 0.0678. The Kier molecular flexibility index (Phi) is 6.41. The molecule has 4 rings (SSSR count). The van der Waals surface area contributed by atoms with Crippen molar-refractivity contribution in [3.05, 3.63) is 76.5 Å². The Balaban J connectivity index is 1.29. The number of benzene rings is 2. The predicted molar refractivity (Wildman–Crippen MR) is 115 cm³/mol. The van der Waals surface area contributed by atoms with Gasteiger partial charge in [0.2, 0.25) is 0 Å². The first-order chi connectivity index (χ1) is 14.7. The molecule has 0 saturated carbocycles. The first-order valence-corrected chi connectivity index (χ1v) is 10.6. The lowest BCUT2D eigenvalue weighted by Gasteiger charge is -2.11. The van der Waals surface area contributed by atoms with Gasteiger partial charge in [0, 0.05) is 12.3 Å². The molecule has 1 amide bonds. The summed E-state index contributed by atoms with van der Waals surface area (Å²) in [5.74, 6) is 0.452. The van der Waals surface area contributed by atoms with Crippen molar-refractivity contribution < 1.29 is 23.8 Å². The third-order valence-electron chi connectivity index (χ3n) is 4.62. The van der Waals surface area contributed by atoms with Gasteiger partial charge in [-0.2, -0.15) is 0 Å². The molecule has 1 saturated heterocycles. The molecule has 0 spiro atoms. The van der Waals surface area contributed by atoms with Crippen LogP contribution in [0.1, 0.15) is 32.9 Å². The number of hydrogen-bond acceptors (Lipinski definition) is 6. The maximum absolute atomic E-state index is 12.4. The SMILES string of the molecule is O=C(Oc1ccc(NC(=O)c2cccs2)cc1)c1ccc(OC[C@H]2CCCO2)cc1. The molecule has 0 bridgehead atoms. The average molecular weight is 423 g/mol. The van der Waals surface area contributed by atoms with Gasteiger partial charge in [0.1, 0.15) is 18.1 Å². The van der Waals surface area contributed by atoms with Crippen molar-refractivity contribution in [1.82, 2.24) is 0 Å². The summed E-state index contributed by atoms with van der Waals surface area (Å²) < 4.78 is 16.6. The Labute approximate surface area is 178 Å². The number of amides is 1. The van der Waals surface area contributed by atoms with Gasteiger partial charge in [-0.1, -0.05) is 6.07 Å². The van der Waals surface area contributed by atoms with E-state index in [1.165, 1.54) is 11.3 Å². The summed E-state index contributed by atoms with van der Waals surface area (Å²) in [6.45, 7) is 1.31. The van der Waals surface area contributed by atoms with E-state index in [9.17, 15) is 9.59 Å². The fourth-order valence-corrected chi connectivity index (χ4v) is 3.64. The molecule has 2 heterocycles. The summed E-state index contributed by atoms with van der Waals surface area (Å²) in [6, 6.07) is 17.1. The fourth-order valence-electron chi connectivity index (χ4n) is 3.02. The second-order valence-electron chi connectivity index (χ2n) is 6.82. The van der Waals surface area contributed by atoms with Gasteiger partial charge in [-0.05, 0) is 72.8 Å². The smallest absolute Gasteiger partial charge is 0.343 e. The van der Waals surface area contributed by atoms with E-state index in [1.807, 2.05) is 11.4 Å². The third-order valence-corrected chi connectivity index (χ3v) is 5.49. The minimum Gasteiger partial charge on any atom is -0.491 e. The maximum atomic E-state index is 12.4. The Bertz CT molecular complexity index is 977. The molecule has 1 aliphatic heterocycles. The first kappa shape index (κ1) is 20.1. The molecule has 1 N–H and O–H groups in total. The molecule has 0 unspecified atom stereocenters. The van der Waals surface area contributed by atoms with Gasteiger partial charge in [0.05, 0.1) is 16.5 Å². The molecule has 3 aromatic rings. The van der Waals surface area contributed by atoms with E-state index in [1.54, 1.807) is 54.6 Å². The van der Waals surface area contributed by atoms with Gasteiger partial charge in [-0.25, -0.2) is 4.79 Å². The molecule has 1 aromatic heterocycles. The second kappa shape index (κ2) is 9.56. The van der Waals surface area contributed by atoms with Crippen LogP contribution >= 0.6 is 11.3 Å². The highest BCUT2D eigenvalue weighted by Crippen LogP contribution is 2.20. The molecule has 154 valence electrons. The van der Waals surface area contributed by atoms with Gasteiger partial charge >= 0.3 is 5.97 Å². The summed E-state index contributed by atoms with van der Waals surface area (Å²) in [5.41, 5.74) is 1.05. The Morgan fingerprint density at radius 1 is 1.03 bits per heavy atom. The normalized spacial score (nSPS) is 15.5. The number of nitrogens with one attached hydrogen (secondary N) is 1. The number of rotatable bonds is 7. The molecule has 7 heteroatoms. The number of carbonyl (C=O) groups excluding carboxylic acids is 2. The molecule has 1 aliphatic rings. The number of esters is 1. The molecule has 1 atom stereocenters. The van der Waals surface area contributed by atoms with Gasteiger partial charge in [-0.3, -0.25) is 4.79 Å². The zero-order valence-corrected chi connectivity index (χ0v) is 17.0. The maximum Gasteiger partial charge on any atom is 0.343 e. The van der Waals surface area contributed by atoms with Crippen LogP contribution in [0.2, 0.25) is 0 Å². The minimum atomic E-state index is -0.462. The zero-order chi connectivity index (χ0) is 20.8. The molecule has 0 radical (unpaired) electrons. The van der Waals surface area contributed by atoms with Crippen LogP contribution in [0.15, 0.2) is 66.0 Å². The van der Waals surface area contributed by atoms with Crippen LogP contribution < -0.4 is 14.8 Å². The monoisotopic (exact) mass is 423 g/mol. The van der Waals surface area contributed by atoms with Crippen LogP contribution in [0.25, 0.3) is 0 Å². The van der Waals surface area contributed by atoms with Crippen LogP contribution in [-0.4, -0.2) is 31.2 Å². The summed E-state index contributed by atoms with van der Waals surface area (Å²) in [6.07, 6.45) is 2.23. The zero-order valence-electron chi connectivity index (χ0n) is 16.2. The molecule has 1 fully saturated rings. The molecule has 2 aromatic carbocycles. The largest absolute Gasteiger partial charge is 0.491 e. The van der Waals surface area contributed by atoms with Gasteiger partial charge in [-0.15, -0.1) is 11.3 Å². The highest BCUT2D eigenvalue weighted by Gasteiger charge is 2.16. The van der Waals surface area contributed by atoms with E-state index >= 15 is 0 Å². The van der Waals surface area contributed by atoms with Crippen molar-refractivity contribution in [3.63, 3.8) is 0 Å². The van der Waals surface area contributed by atoms with Crippen LogP contribution in [-0.2, 0) is 4.74 Å². The predicted octanol–water partition coefficient (Wildman–Crippen LogP) is 4.78. The van der Waals surface area contributed by atoms with Gasteiger partial charge in [0.15, 0.2) is 0 Å². The number of ether oxygens (including phenoxy) is 3. The number of hydrogen-bond donors (Lipinski definition) is 1. The van der Waals surface area contributed by atoms with Gasteiger partial charge in [0.25, 0.3) is 5.91 Å². The number of anilines is 1. The Hall–Kier alpha value is -3.16. The van der Waals surface area contributed by atoms with Crippen LogP contribution in [0.4, 0.5) is 5.69 Å². The summed E-state index contributed by atoms with van der Waals surface area (Å²) in [4.78, 5) is 25.1. The quantitative estimate of drug-likeness (QED) is 0.437. The van der Waals surface area contributed by atoms with E-state index in [0.29, 0.717) is 34.2 Å². The number of carbonyl (C=O) groups is 2. The summed E-state index contributed by atoms with van der Waals surface area (Å²) >= 11 is 1.37. The van der Waals surface area contributed by atoms with Crippen LogP contribution in [0.5, 0.6) is 11.5 Å². The fraction of sp³-hybridized carbons (Fsp3) is 0.217. The lowest BCUT2D eigenvalue weighted by atomic mass is 10.2. The molecular weight excluding hydrogens is 402 g/mol. The first-order valence-electron chi connectivity index (χ1n) is 9.69. The number of thiophene rings is 1. The molecular formula is C23H21NO5S. The summed E-state index contributed by atoms with van der Waals surface area (Å²) in [5, 5.41) is 4.65. The van der Waals surface area contributed by atoms with Crippen molar-refractivity contribution in [2.75, 3.05) is 18.5 Å². The van der Waals surface area contributed by atoms with Crippen LogP contribution in [0.3, 0.4) is 0 Å². The summed E-state index contributed by atoms with van der Waals surface area (Å²) in [7, 11) is 0.